The number of rotatable bonds is 1. The van der Waals surface area contributed by atoms with Crippen molar-refractivity contribution in [2.75, 3.05) is 0 Å². The van der Waals surface area contributed by atoms with Gasteiger partial charge >= 0.3 is 0 Å². The standard InChI is InChI=1S/C8H11N.C7H8/c1-7(2)8-4-3-5-9-6-8;1-7-5-3-2-4-6-7/h3-7H,1-2H3;2-6H,1H3. The lowest BCUT2D eigenvalue weighted by Crippen LogP contribution is -1.85. The zero-order valence-electron chi connectivity index (χ0n) is 10.2. The topological polar surface area (TPSA) is 12.9 Å². The molecule has 0 bridgehead atoms. The van der Waals surface area contributed by atoms with E-state index in [-0.39, 0.29) is 0 Å². The van der Waals surface area contributed by atoms with Gasteiger partial charge in [-0.15, -0.1) is 0 Å². The second-order valence-corrected chi connectivity index (χ2v) is 4.10. The van der Waals surface area contributed by atoms with Crippen molar-refractivity contribution in [2.45, 2.75) is 26.7 Å². The third-order valence-corrected chi connectivity index (χ3v) is 2.29. The van der Waals surface area contributed by atoms with Crippen molar-refractivity contribution in [3.63, 3.8) is 0 Å². The van der Waals surface area contributed by atoms with Crippen LogP contribution in [0.15, 0.2) is 54.9 Å². The van der Waals surface area contributed by atoms with E-state index in [1.165, 1.54) is 11.1 Å². The minimum absolute atomic E-state index is 0.596. The number of hydrogen-bond donors (Lipinski definition) is 0. The van der Waals surface area contributed by atoms with Crippen molar-refractivity contribution in [2.24, 2.45) is 0 Å². The molecule has 0 N–H and O–H groups in total. The van der Waals surface area contributed by atoms with Crippen molar-refractivity contribution < 1.29 is 0 Å². The van der Waals surface area contributed by atoms with Gasteiger partial charge in [0, 0.05) is 12.4 Å². The molecule has 84 valence electrons. The Balaban J connectivity index is 0.000000165. The van der Waals surface area contributed by atoms with E-state index in [1.54, 1.807) is 6.20 Å². The van der Waals surface area contributed by atoms with E-state index in [4.69, 9.17) is 0 Å². The first-order valence-electron chi connectivity index (χ1n) is 5.61. The van der Waals surface area contributed by atoms with Gasteiger partial charge in [-0.3, -0.25) is 4.98 Å². The van der Waals surface area contributed by atoms with Crippen LogP contribution < -0.4 is 0 Å². The molecule has 0 saturated carbocycles. The molecule has 0 amide bonds. The fraction of sp³-hybridized carbons (Fsp3) is 0.267. The van der Waals surface area contributed by atoms with Crippen LogP contribution in [0.5, 0.6) is 0 Å². The first kappa shape index (κ1) is 12.4. The highest BCUT2D eigenvalue weighted by molar-refractivity contribution is 5.12. The largest absolute Gasteiger partial charge is 0.264 e. The second kappa shape index (κ2) is 6.78. The van der Waals surface area contributed by atoms with Gasteiger partial charge in [0.25, 0.3) is 0 Å². The normalized spacial score (nSPS) is 9.50. The lowest BCUT2D eigenvalue weighted by molar-refractivity contribution is 0.858. The summed E-state index contributed by atoms with van der Waals surface area (Å²) in [5, 5.41) is 0. The molecule has 1 heteroatoms. The predicted octanol–water partition coefficient (Wildman–Crippen LogP) is 4.20. The van der Waals surface area contributed by atoms with E-state index >= 15 is 0 Å². The highest BCUT2D eigenvalue weighted by atomic mass is 14.6. The van der Waals surface area contributed by atoms with Crippen molar-refractivity contribution in [1.82, 2.24) is 4.98 Å². The van der Waals surface area contributed by atoms with Crippen LogP contribution in [0.3, 0.4) is 0 Å². The molecule has 0 aliphatic rings. The summed E-state index contributed by atoms with van der Waals surface area (Å²) in [5.74, 6) is 0.596. The van der Waals surface area contributed by atoms with Crippen LogP contribution >= 0.6 is 0 Å². The fourth-order valence-corrected chi connectivity index (χ4v) is 1.25. The molecule has 0 fully saturated rings. The maximum atomic E-state index is 4.01. The molecule has 1 aromatic heterocycles. The van der Waals surface area contributed by atoms with Crippen molar-refractivity contribution >= 4 is 0 Å². The average molecular weight is 213 g/mol. The smallest absolute Gasteiger partial charge is 0.0302 e. The summed E-state index contributed by atoms with van der Waals surface area (Å²) in [6.45, 7) is 6.41. The Morgan fingerprint density at radius 1 is 0.938 bits per heavy atom. The fourth-order valence-electron chi connectivity index (χ4n) is 1.25. The molecule has 0 aliphatic carbocycles. The Morgan fingerprint density at radius 3 is 1.94 bits per heavy atom. The molecule has 2 rings (SSSR count). The Labute approximate surface area is 98.2 Å². The Kier molecular flexibility index (Phi) is 5.27. The van der Waals surface area contributed by atoms with Crippen LogP contribution in [-0.4, -0.2) is 4.98 Å². The second-order valence-electron chi connectivity index (χ2n) is 4.10. The molecule has 16 heavy (non-hydrogen) atoms. The van der Waals surface area contributed by atoms with Gasteiger partial charge in [-0.25, -0.2) is 0 Å². The summed E-state index contributed by atoms with van der Waals surface area (Å²) < 4.78 is 0. The Bertz CT molecular complexity index is 379. The molecule has 0 atom stereocenters. The Hall–Kier alpha value is -1.63. The minimum Gasteiger partial charge on any atom is -0.264 e. The predicted molar refractivity (Wildman–Crippen MR) is 69.5 cm³/mol. The van der Waals surface area contributed by atoms with Gasteiger partial charge in [0.1, 0.15) is 0 Å². The van der Waals surface area contributed by atoms with Gasteiger partial charge in [0.05, 0.1) is 0 Å². The van der Waals surface area contributed by atoms with E-state index in [0.717, 1.165) is 0 Å². The lowest BCUT2D eigenvalue weighted by atomic mass is 10.1. The number of nitrogens with zero attached hydrogens (tertiary/aromatic N) is 1. The summed E-state index contributed by atoms with van der Waals surface area (Å²) >= 11 is 0. The molecule has 0 aliphatic heterocycles. The summed E-state index contributed by atoms with van der Waals surface area (Å²) in [5.41, 5.74) is 2.63. The summed E-state index contributed by atoms with van der Waals surface area (Å²) in [6.07, 6.45) is 3.70. The number of aromatic nitrogens is 1. The van der Waals surface area contributed by atoms with Crippen LogP contribution in [0.2, 0.25) is 0 Å². The van der Waals surface area contributed by atoms with Crippen LogP contribution in [0, 0.1) is 6.92 Å². The molecule has 1 heterocycles. The molecule has 0 spiro atoms. The van der Waals surface area contributed by atoms with Gasteiger partial charge in [-0.1, -0.05) is 55.8 Å². The molecule has 1 aromatic carbocycles. The van der Waals surface area contributed by atoms with Gasteiger partial charge in [-0.2, -0.15) is 0 Å². The van der Waals surface area contributed by atoms with Gasteiger partial charge in [0.15, 0.2) is 0 Å². The van der Waals surface area contributed by atoms with Crippen LogP contribution in [-0.2, 0) is 0 Å². The molecular formula is C15H19N. The van der Waals surface area contributed by atoms with Crippen LogP contribution in [0.25, 0.3) is 0 Å². The zero-order valence-corrected chi connectivity index (χ0v) is 10.2. The van der Waals surface area contributed by atoms with E-state index in [1.807, 2.05) is 30.5 Å². The molecule has 2 aromatic rings. The number of hydrogen-bond acceptors (Lipinski definition) is 1. The number of pyridine rings is 1. The highest BCUT2D eigenvalue weighted by Gasteiger charge is 1.94. The number of benzene rings is 1. The molecule has 1 nitrogen and oxygen atoms in total. The maximum absolute atomic E-state index is 4.01. The van der Waals surface area contributed by atoms with Gasteiger partial charge in [-0.05, 0) is 24.5 Å². The summed E-state index contributed by atoms with van der Waals surface area (Å²) in [4.78, 5) is 4.01. The van der Waals surface area contributed by atoms with Crippen LogP contribution in [0.1, 0.15) is 30.9 Å². The monoisotopic (exact) mass is 213 g/mol. The maximum Gasteiger partial charge on any atom is 0.0302 e. The molecular weight excluding hydrogens is 194 g/mol. The summed E-state index contributed by atoms with van der Waals surface area (Å²) in [6, 6.07) is 14.3. The van der Waals surface area contributed by atoms with E-state index in [0.29, 0.717) is 5.92 Å². The minimum atomic E-state index is 0.596. The van der Waals surface area contributed by atoms with Gasteiger partial charge < -0.3 is 0 Å². The van der Waals surface area contributed by atoms with Crippen molar-refractivity contribution in [1.29, 1.82) is 0 Å². The Morgan fingerprint density at radius 2 is 1.62 bits per heavy atom. The highest BCUT2D eigenvalue weighted by Crippen LogP contribution is 2.10. The first-order chi connectivity index (χ1) is 7.70. The summed E-state index contributed by atoms with van der Waals surface area (Å²) in [7, 11) is 0. The van der Waals surface area contributed by atoms with Crippen molar-refractivity contribution in [3.8, 4) is 0 Å². The third kappa shape index (κ3) is 4.74. The lowest BCUT2D eigenvalue weighted by Gasteiger charge is -2.00. The first-order valence-corrected chi connectivity index (χ1v) is 5.61. The zero-order chi connectivity index (χ0) is 11.8. The number of aryl methyl sites for hydroxylation is 1. The van der Waals surface area contributed by atoms with E-state index < -0.39 is 0 Å². The molecule has 0 radical (unpaired) electrons. The van der Waals surface area contributed by atoms with Crippen LogP contribution in [0.4, 0.5) is 0 Å². The molecule has 0 unspecified atom stereocenters. The van der Waals surface area contributed by atoms with E-state index in [9.17, 15) is 0 Å². The van der Waals surface area contributed by atoms with Crippen molar-refractivity contribution in [3.05, 3.63) is 66.0 Å². The van der Waals surface area contributed by atoms with Gasteiger partial charge in [0.2, 0.25) is 0 Å². The SMILES string of the molecule is CC(C)c1cccnc1.Cc1ccccc1. The quantitative estimate of drug-likeness (QED) is 0.691. The molecule has 0 saturated heterocycles. The average Bonchev–Trinajstić information content (AvgIpc) is 2.32. The third-order valence-electron chi connectivity index (χ3n) is 2.29. The van der Waals surface area contributed by atoms with E-state index in [2.05, 4.69) is 44.0 Å².